The highest BCUT2D eigenvalue weighted by molar-refractivity contribution is 5.73. The van der Waals surface area contributed by atoms with Gasteiger partial charge in [-0.3, -0.25) is 4.79 Å². The summed E-state index contributed by atoms with van der Waals surface area (Å²) in [5.74, 6) is 0.691. The van der Waals surface area contributed by atoms with Crippen LogP contribution in [0.2, 0.25) is 0 Å². The van der Waals surface area contributed by atoms with Gasteiger partial charge in [0.2, 0.25) is 5.91 Å². The lowest BCUT2D eigenvalue weighted by atomic mass is 9.84. The molecule has 2 rings (SSSR count). The number of likely N-dealkylation sites (tertiary alicyclic amines) is 1. The minimum Gasteiger partial charge on any atom is -0.396 e. The molecule has 14 heavy (non-hydrogen) atoms. The first-order valence-corrected chi connectivity index (χ1v) is 5.52. The predicted octanol–water partition coefficient (Wildman–Crippen LogP) is 1.02. The summed E-state index contributed by atoms with van der Waals surface area (Å²) in [6.45, 7) is 3.83. The van der Waals surface area contributed by atoms with Gasteiger partial charge in [-0.15, -0.1) is 0 Å². The van der Waals surface area contributed by atoms with Crippen molar-refractivity contribution < 1.29 is 9.90 Å². The summed E-state index contributed by atoms with van der Waals surface area (Å²) in [5, 5.41) is 9.10. The van der Waals surface area contributed by atoms with Gasteiger partial charge < -0.3 is 10.0 Å². The smallest absolute Gasteiger partial charge is 0.219 e. The highest BCUT2D eigenvalue weighted by atomic mass is 16.3. The van der Waals surface area contributed by atoms with Crippen LogP contribution in [-0.4, -0.2) is 35.6 Å². The third kappa shape index (κ3) is 1.65. The monoisotopic (exact) mass is 197 g/mol. The second-order valence-corrected chi connectivity index (χ2v) is 4.98. The topological polar surface area (TPSA) is 40.5 Å². The Kier molecular flexibility index (Phi) is 2.52. The van der Waals surface area contributed by atoms with Crippen molar-refractivity contribution in [3.8, 4) is 0 Å². The third-order valence-electron chi connectivity index (χ3n) is 3.95. The Hall–Kier alpha value is -0.570. The van der Waals surface area contributed by atoms with Gasteiger partial charge in [0.05, 0.1) is 0 Å². The Bertz CT molecular complexity index is 241. The molecule has 1 aliphatic carbocycles. The van der Waals surface area contributed by atoms with Gasteiger partial charge in [0.15, 0.2) is 0 Å². The molecule has 1 aliphatic heterocycles. The van der Waals surface area contributed by atoms with Crippen molar-refractivity contribution in [3.05, 3.63) is 0 Å². The maximum absolute atomic E-state index is 11.2. The number of amides is 1. The van der Waals surface area contributed by atoms with Gasteiger partial charge in [-0.2, -0.15) is 0 Å². The van der Waals surface area contributed by atoms with Crippen LogP contribution in [-0.2, 0) is 4.79 Å². The number of carbonyl (C=O) groups is 1. The van der Waals surface area contributed by atoms with E-state index >= 15 is 0 Å². The van der Waals surface area contributed by atoms with E-state index in [4.69, 9.17) is 5.11 Å². The minimum absolute atomic E-state index is 0.203. The molecule has 0 aromatic rings. The van der Waals surface area contributed by atoms with Crippen LogP contribution in [0.25, 0.3) is 0 Å². The molecule has 80 valence electrons. The molecule has 3 nitrogen and oxygen atoms in total. The Morgan fingerprint density at radius 2 is 2.36 bits per heavy atom. The lowest BCUT2D eigenvalue weighted by Gasteiger charge is -2.23. The van der Waals surface area contributed by atoms with Gasteiger partial charge in [-0.25, -0.2) is 0 Å². The molecule has 1 N–H and O–H groups in total. The molecule has 0 radical (unpaired) electrons. The van der Waals surface area contributed by atoms with E-state index in [1.807, 2.05) is 4.90 Å². The first-order valence-electron chi connectivity index (χ1n) is 5.52. The number of rotatable bonds is 1. The lowest BCUT2D eigenvalue weighted by molar-refractivity contribution is -0.128. The zero-order valence-corrected chi connectivity index (χ0v) is 8.83. The SMILES string of the molecule is CC(=O)N1CC[C@@]2(CC[C@@H](CO)C2)C1. The summed E-state index contributed by atoms with van der Waals surface area (Å²) < 4.78 is 0. The van der Waals surface area contributed by atoms with Gasteiger partial charge in [0.25, 0.3) is 0 Å². The Balaban J connectivity index is 1.97. The molecule has 0 aromatic carbocycles. The van der Waals surface area contributed by atoms with E-state index in [0.717, 1.165) is 32.4 Å². The standard InChI is InChI=1S/C11H19NO2/c1-9(14)12-5-4-11(8-12)3-2-10(6-11)7-13/h10,13H,2-8H2,1H3/t10-,11-/m1/s1. The lowest BCUT2D eigenvalue weighted by Crippen LogP contribution is -2.29. The average Bonchev–Trinajstić information content (AvgIpc) is 2.74. The fourth-order valence-electron chi connectivity index (χ4n) is 3.06. The van der Waals surface area contributed by atoms with Crippen LogP contribution in [0.1, 0.15) is 32.6 Å². The van der Waals surface area contributed by atoms with Crippen LogP contribution >= 0.6 is 0 Å². The van der Waals surface area contributed by atoms with Crippen molar-refractivity contribution in [2.75, 3.05) is 19.7 Å². The molecule has 0 unspecified atom stereocenters. The molecular weight excluding hydrogens is 178 g/mol. The first kappa shape index (κ1) is 9.97. The summed E-state index contributed by atoms with van der Waals surface area (Å²) in [6.07, 6.45) is 4.60. The molecule has 2 aliphatic rings. The summed E-state index contributed by atoms with van der Waals surface area (Å²) in [7, 11) is 0. The second-order valence-electron chi connectivity index (χ2n) is 4.98. The van der Waals surface area contributed by atoms with Gasteiger partial charge >= 0.3 is 0 Å². The zero-order valence-electron chi connectivity index (χ0n) is 8.83. The van der Waals surface area contributed by atoms with Crippen LogP contribution in [0.4, 0.5) is 0 Å². The number of nitrogens with zero attached hydrogens (tertiary/aromatic N) is 1. The average molecular weight is 197 g/mol. The summed E-state index contributed by atoms with van der Waals surface area (Å²) in [5.41, 5.74) is 0.360. The molecule has 3 heteroatoms. The van der Waals surface area contributed by atoms with E-state index in [0.29, 0.717) is 17.9 Å². The van der Waals surface area contributed by atoms with Crippen molar-refractivity contribution in [3.63, 3.8) is 0 Å². The van der Waals surface area contributed by atoms with Crippen molar-refractivity contribution in [1.82, 2.24) is 4.90 Å². The second kappa shape index (κ2) is 3.54. The summed E-state index contributed by atoms with van der Waals surface area (Å²) in [6, 6.07) is 0. The molecular formula is C11H19NO2. The van der Waals surface area contributed by atoms with Crippen molar-refractivity contribution in [2.45, 2.75) is 32.6 Å². The molecule has 0 bridgehead atoms. The molecule has 1 saturated carbocycles. The van der Waals surface area contributed by atoms with Crippen LogP contribution in [0, 0.1) is 11.3 Å². The van der Waals surface area contributed by atoms with Crippen LogP contribution < -0.4 is 0 Å². The maximum atomic E-state index is 11.2. The molecule has 1 spiro atoms. The van der Waals surface area contributed by atoms with E-state index in [1.54, 1.807) is 6.92 Å². The van der Waals surface area contributed by atoms with Crippen LogP contribution in [0.5, 0.6) is 0 Å². The number of hydrogen-bond donors (Lipinski definition) is 1. The molecule has 1 heterocycles. The number of hydrogen-bond acceptors (Lipinski definition) is 2. The van der Waals surface area contributed by atoms with E-state index in [1.165, 1.54) is 6.42 Å². The van der Waals surface area contributed by atoms with E-state index in [2.05, 4.69) is 0 Å². The molecule has 1 saturated heterocycles. The van der Waals surface area contributed by atoms with Gasteiger partial charge in [-0.1, -0.05) is 0 Å². The zero-order chi connectivity index (χ0) is 10.2. The quantitative estimate of drug-likeness (QED) is 0.681. The largest absolute Gasteiger partial charge is 0.396 e. The molecule has 2 fully saturated rings. The molecule has 2 atom stereocenters. The fourth-order valence-corrected chi connectivity index (χ4v) is 3.06. The van der Waals surface area contributed by atoms with Crippen LogP contribution in [0.3, 0.4) is 0 Å². The number of aliphatic hydroxyl groups excluding tert-OH is 1. The van der Waals surface area contributed by atoms with Gasteiger partial charge in [0.1, 0.15) is 0 Å². The van der Waals surface area contributed by atoms with Crippen molar-refractivity contribution in [2.24, 2.45) is 11.3 Å². The van der Waals surface area contributed by atoms with Gasteiger partial charge in [0, 0.05) is 26.6 Å². The number of carbonyl (C=O) groups excluding carboxylic acids is 1. The highest BCUT2D eigenvalue weighted by Crippen LogP contribution is 2.47. The van der Waals surface area contributed by atoms with Crippen molar-refractivity contribution >= 4 is 5.91 Å². The molecule has 1 amide bonds. The predicted molar refractivity (Wildman–Crippen MR) is 53.7 cm³/mol. The van der Waals surface area contributed by atoms with Gasteiger partial charge in [-0.05, 0) is 37.0 Å². The number of aliphatic hydroxyl groups is 1. The summed E-state index contributed by atoms with van der Waals surface area (Å²) >= 11 is 0. The van der Waals surface area contributed by atoms with Crippen LogP contribution in [0.15, 0.2) is 0 Å². The van der Waals surface area contributed by atoms with E-state index in [9.17, 15) is 4.79 Å². The van der Waals surface area contributed by atoms with E-state index in [-0.39, 0.29) is 5.91 Å². The fraction of sp³-hybridized carbons (Fsp3) is 0.909. The first-order chi connectivity index (χ1) is 6.65. The normalized spacial score (nSPS) is 37.0. The Morgan fingerprint density at radius 3 is 2.86 bits per heavy atom. The molecule has 0 aromatic heterocycles. The van der Waals surface area contributed by atoms with E-state index < -0.39 is 0 Å². The minimum atomic E-state index is 0.203. The highest BCUT2D eigenvalue weighted by Gasteiger charge is 2.44. The maximum Gasteiger partial charge on any atom is 0.219 e. The summed E-state index contributed by atoms with van der Waals surface area (Å²) in [4.78, 5) is 13.2. The van der Waals surface area contributed by atoms with Crippen molar-refractivity contribution in [1.29, 1.82) is 0 Å². The Labute approximate surface area is 85.1 Å². The third-order valence-corrected chi connectivity index (χ3v) is 3.95. The Morgan fingerprint density at radius 1 is 1.57 bits per heavy atom.